The van der Waals surface area contributed by atoms with Crippen molar-refractivity contribution < 1.29 is 4.79 Å². The number of aromatic amines is 1. The van der Waals surface area contributed by atoms with Crippen LogP contribution in [0.4, 0.5) is 10.8 Å². The summed E-state index contributed by atoms with van der Waals surface area (Å²) in [7, 11) is 0. The van der Waals surface area contributed by atoms with Gasteiger partial charge in [0.05, 0.1) is 6.20 Å². The molecule has 20 heavy (non-hydrogen) atoms. The van der Waals surface area contributed by atoms with Crippen LogP contribution in [-0.4, -0.2) is 26.5 Å². The van der Waals surface area contributed by atoms with Crippen molar-refractivity contribution in [3.8, 4) is 0 Å². The van der Waals surface area contributed by atoms with Gasteiger partial charge in [0.25, 0.3) is 5.91 Å². The Morgan fingerprint density at radius 1 is 1.55 bits per heavy atom. The molecule has 0 aliphatic rings. The Labute approximate surface area is 121 Å². The lowest BCUT2D eigenvalue weighted by Gasteiger charge is -2.10. The number of nitrogen functional groups attached to an aromatic ring is 1. The number of anilines is 2. The van der Waals surface area contributed by atoms with Gasteiger partial charge in [0, 0.05) is 23.8 Å². The summed E-state index contributed by atoms with van der Waals surface area (Å²) < 4.78 is 4.04. The van der Waals surface area contributed by atoms with Gasteiger partial charge in [-0.2, -0.15) is 9.47 Å². The molecule has 2 aromatic rings. The second kappa shape index (κ2) is 5.91. The highest BCUT2D eigenvalue weighted by Gasteiger charge is 2.19. The number of amides is 1. The van der Waals surface area contributed by atoms with Crippen LogP contribution >= 0.6 is 11.5 Å². The lowest BCUT2D eigenvalue weighted by atomic mass is 10.2. The first-order valence-corrected chi connectivity index (χ1v) is 7.05. The van der Waals surface area contributed by atoms with Crippen LogP contribution in [0.3, 0.4) is 0 Å². The molecule has 0 spiro atoms. The van der Waals surface area contributed by atoms with Crippen molar-refractivity contribution in [3.05, 3.63) is 23.0 Å². The monoisotopic (exact) mass is 294 g/mol. The fraction of sp³-hybridized carbons (Fsp3) is 0.417. The van der Waals surface area contributed by atoms with E-state index in [1.54, 1.807) is 6.20 Å². The topological polar surface area (TPSA) is 109 Å². The Bertz CT molecular complexity index is 603. The van der Waals surface area contributed by atoms with Crippen LogP contribution in [0.1, 0.15) is 35.5 Å². The summed E-state index contributed by atoms with van der Waals surface area (Å²) >= 11 is 1.18. The number of rotatable bonds is 5. The summed E-state index contributed by atoms with van der Waals surface area (Å²) in [6.07, 6.45) is 1.75. The Morgan fingerprint density at radius 2 is 2.30 bits per heavy atom. The van der Waals surface area contributed by atoms with Crippen LogP contribution in [-0.2, 0) is 6.54 Å². The predicted molar refractivity (Wildman–Crippen MR) is 79.8 cm³/mol. The SMILES string of the molecule is Cc1[nH]ncc1CNc1snc(N)c1C(=O)NC(C)C. The van der Waals surface area contributed by atoms with E-state index in [2.05, 4.69) is 25.2 Å². The zero-order valence-electron chi connectivity index (χ0n) is 11.7. The molecule has 7 nitrogen and oxygen atoms in total. The standard InChI is InChI=1S/C12H18N6OS/c1-6(2)16-11(19)9-10(13)18-20-12(9)14-4-8-5-15-17-7(8)3/h5-6,14H,4H2,1-3H3,(H2,13,18)(H,15,17)(H,16,19). The smallest absolute Gasteiger partial charge is 0.258 e. The number of hydrogen-bond acceptors (Lipinski definition) is 6. The summed E-state index contributed by atoms with van der Waals surface area (Å²) in [5.41, 5.74) is 8.21. The number of carbonyl (C=O) groups excluding carboxylic acids is 1. The molecule has 8 heteroatoms. The molecule has 0 bridgehead atoms. The van der Waals surface area contributed by atoms with Gasteiger partial charge in [0.2, 0.25) is 0 Å². The lowest BCUT2D eigenvalue weighted by molar-refractivity contribution is 0.0945. The van der Waals surface area contributed by atoms with Gasteiger partial charge in [0.1, 0.15) is 10.6 Å². The molecular formula is C12H18N6OS. The molecule has 0 radical (unpaired) electrons. The number of aryl methyl sites for hydroxylation is 1. The summed E-state index contributed by atoms with van der Waals surface area (Å²) in [6, 6.07) is 0.0470. The molecule has 0 atom stereocenters. The van der Waals surface area contributed by atoms with E-state index in [0.29, 0.717) is 17.1 Å². The first-order valence-electron chi connectivity index (χ1n) is 6.27. The molecule has 0 saturated carbocycles. The van der Waals surface area contributed by atoms with Crippen molar-refractivity contribution in [2.24, 2.45) is 0 Å². The minimum atomic E-state index is -0.210. The average molecular weight is 294 g/mol. The maximum atomic E-state index is 12.1. The second-order valence-corrected chi connectivity index (χ2v) is 5.55. The van der Waals surface area contributed by atoms with Gasteiger partial charge in [-0.15, -0.1) is 0 Å². The van der Waals surface area contributed by atoms with E-state index in [-0.39, 0.29) is 17.8 Å². The molecule has 2 aromatic heterocycles. The first-order chi connectivity index (χ1) is 9.49. The molecule has 5 N–H and O–H groups in total. The van der Waals surface area contributed by atoms with Crippen molar-refractivity contribution in [1.29, 1.82) is 0 Å². The average Bonchev–Trinajstić information content (AvgIpc) is 2.92. The van der Waals surface area contributed by atoms with E-state index < -0.39 is 0 Å². The van der Waals surface area contributed by atoms with Crippen molar-refractivity contribution in [3.63, 3.8) is 0 Å². The van der Waals surface area contributed by atoms with Crippen LogP contribution in [0.5, 0.6) is 0 Å². The molecule has 0 fully saturated rings. The van der Waals surface area contributed by atoms with Crippen molar-refractivity contribution >= 4 is 28.3 Å². The number of nitrogens with zero attached hydrogens (tertiary/aromatic N) is 2. The molecule has 0 unspecified atom stereocenters. The number of hydrogen-bond donors (Lipinski definition) is 4. The van der Waals surface area contributed by atoms with E-state index in [4.69, 9.17) is 5.73 Å². The van der Waals surface area contributed by atoms with E-state index in [0.717, 1.165) is 11.3 Å². The van der Waals surface area contributed by atoms with Gasteiger partial charge in [0.15, 0.2) is 5.82 Å². The second-order valence-electron chi connectivity index (χ2n) is 4.77. The van der Waals surface area contributed by atoms with Crippen molar-refractivity contribution in [2.45, 2.75) is 33.4 Å². The third kappa shape index (κ3) is 3.08. The van der Waals surface area contributed by atoms with Crippen LogP contribution in [0.2, 0.25) is 0 Å². The zero-order chi connectivity index (χ0) is 14.7. The molecule has 108 valence electrons. The quantitative estimate of drug-likeness (QED) is 0.668. The van der Waals surface area contributed by atoms with Crippen LogP contribution in [0, 0.1) is 6.92 Å². The molecule has 0 aliphatic carbocycles. The van der Waals surface area contributed by atoms with E-state index >= 15 is 0 Å². The Balaban J connectivity index is 2.13. The van der Waals surface area contributed by atoms with Crippen molar-refractivity contribution in [1.82, 2.24) is 19.9 Å². The van der Waals surface area contributed by atoms with Crippen LogP contribution in [0.25, 0.3) is 0 Å². The Morgan fingerprint density at radius 3 is 2.90 bits per heavy atom. The molecule has 2 rings (SSSR count). The van der Waals surface area contributed by atoms with Crippen LogP contribution < -0.4 is 16.4 Å². The molecule has 0 aromatic carbocycles. The summed E-state index contributed by atoms with van der Waals surface area (Å²) in [5, 5.41) is 13.5. The molecule has 2 heterocycles. The van der Waals surface area contributed by atoms with Gasteiger partial charge >= 0.3 is 0 Å². The Kier molecular flexibility index (Phi) is 4.23. The Hall–Kier alpha value is -2.09. The normalized spacial score (nSPS) is 10.8. The maximum Gasteiger partial charge on any atom is 0.258 e. The third-order valence-electron chi connectivity index (χ3n) is 2.74. The van der Waals surface area contributed by atoms with E-state index in [9.17, 15) is 4.79 Å². The minimum absolute atomic E-state index is 0.0470. The molecule has 1 amide bonds. The van der Waals surface area contributed by atoms with Gasteiger partial charge in [-0.25, -0.2) is 0 Å². The van der Waals surface area contributed by atoms with E-state index in [1.807, 2.05) is 20.8 Å². The number of carbonyl (C=O) groups is 1. The fourth-order valence-electron chi connectivity index (χ4n) is 1.71. The summed E-state index contributed by atoms with van der Waals surface area (Å²) in [4.78, 5) is 12.1. The summed E-state index contributed by atoms with van der Waals surface area (Å²) in [5.74, 6) is 0.0391. The number of nitrogens with two attached hydrogens (primary N) is 1. The number of aromatic nitrogens is 3. The fourth-order valence-corrected chi connectivity index (χ4v) is 2.41. The molecule has 0 saturated heterocycles. The summed E-state index contributed by atoms with van der Waals surface area (Å²) in [6.45, 7) is 6.30. The third-order valence-corrected chi connectivity index (χ3v) is 3.56. The minimum Gasteiger partial charge on any atom is -0.382 e. The highest BCUT2D eigenvalue weighted by atomic mass is 32.1. The largest absolute Gasteiger partial charge is 0.382 e. The van der Waals surface area contributed by atoms with Gasteiger partial charge in [-0.3, -0.25) is 9.89 Å². The lowest BCUT2D eigenvalue weighted by Crippen LogP contribution is -2.30. The number of nitrogens with one attached hydrogen (secondary N) is 3. The zero-order valence-corrected chi connectivity index (χ0v) is 12.5. The van der Waals surface area contributed by atoms with Crippen molar-refractivity contribution in [2.75, 3.05) is 11.1 Å². The highest BCUT2D eigenvalue weighted by molar-refractivity contribution is 7.11. The van der Waals surface area contributed by atoms with E-state index in [1.165, 1.54) is 11.5 Å². The first kappa shape index (κ1) is 14.3. The number of H-pyrrole nitrogens is 1. The molecular weight excluding hydrogens is 276 g/mol. The van der Waals surface area contributed by atoms with Gasteiger partial charge in [-0.05, 0) is 32.3 Å². The predicted octanol–water partition coefficient (Wildman–Crippen LogP) is 1.51. The molecule has 0 aliphatic heterocycles. The maximum absolute atomic E-state index is 12.1. The van der Waals surface area contributed by atoms with Gasteiger partial charge in [-0.1, -0.05) is 0 Å². The van der Waals surface area contributed by atoms with Gasteiger partial charge < -0.3 is 16.4 Å². The van der Waals surface area contributed by atoms with Crippen LogP contribution in [0.15, 0.2) is 6.20 Å². The highest BCUT2D eigenvalue weighted by Crippen LogP contribution is 2.27.